The van der Waals surface area contributed by atoms with Crippen LogP contribution in [0.15, 0.2) is 24.3 Å². The molecule has 2 aliphatic heterocycles. The summed E-state index contributed by atoms with van der Waals surface area (Å²) in [6, 6.07) is 8.20. The topological polar surface area (TPSA) is 57.2 Å². The number of morpholine rings is 1. The van der Waals surface area contributed by atoms with Gasteiger partial charge in [-0.1, -0.05) is 18.2 Å². The van der Waals surface area contributed by atoms with Crippen molar-refractivity contribution < 1.29 is 23.6 Å². The average Bonchev–Trinajstić information content (AvgIpc) is 2.88. The van der Waals surface area contributed by atoms with Crippen molar-refractivity contribution >= 4 is 18.8 Å². The largest absolute Gasteiger partial charge is 0.466 e. The highest BCUT2D eigenvalue weighted by Crippen LogP contribution is 2.43. The molecular formula is C21H32BNO5. The minimum atomic E-state index is -0.517. The number of esters is 1. The second kappa shape index (κ2) is 8.43. The lowest BCUT2D eigenvalue weighted by Gasteiger charge is -2.32. The second-order valence-electron chi connectivity index (χ2n) is 8.40. The number of hydrogen-bond acceptors (Lipinski definition) is 6. The summed E-state index contributed by atoms with van der Waals surface area (Å²) in [5, 5.41) is 0. The standard InChI is InChI=1S/C21H32BNO5/c1-6-26-19(24)15-17(22-27-20(2,3)21(4,5)28-22)16-9-7-8-10-18(16)23-11-13-25-14-12-23/h7-10,17H,6,11-15H2,1-5H3. The Morgan fingerprint density at radius 1 is 1.14 bits per heavy atom. The summed E-state index contributed by atoms with van der Waals surface area (Å²) in [5.74, 6) is -0.488. The number of ether oxygens (including phenoxy) is 2. The molecule has 0 saturated carbocycles. The Hall–Kier alpha value is -1.57. The zero-order valence-electron chi connectivity index (χ0n) is 17.7. The molecule has 2 fully saturated rings. The summed E-state index contributed by atoms with van der Waals surface area (Å²) in [7, 11) is -0.517. The third-order valence-corrected chi connectivity index (χ3v) is 5.98. The van der Waals surface area contributed by atoms with Crippen molar-refractivity contribution in [2.75, 3.05) is 37.8 Å². The van der Waals surface area contributed by atoms with Crippen LogP contribution < -0.4 is 4.90 Å². The van der Waals surface area contributed by atoms with Crippen LogP contribution in [-0.4, -0.2) is 57.2 Å². The van der Waals surface area contributed by atoms with Gasteiger partial charge >= 0.3 is 13.1 Å². The van der Waals surface area contributed by atoms with Gasteiger partial charge in [0.1, 0.15) is 0 Å². The molecular weight excluding hydrogens is 357 g/mol. The first-order chi connectivity index (χ1) is 13.2. The van der Waals surface area contributed by atoms with Gasteiger partial charge in [-0.2, -0.15) is 0 Å². The lowest BCUT2D eigenvalue weighted by atomic mass is 9.65. The van der Waals surface area contributed by atoms with E-state index in [1.54, 1.807) is 0 Å². The first-order valence-electron chi connectivity index (χ1n) is 10.2. The zero-order chi connectivity index (χ0) is 20.4. The summed E-state index contributed by atoms with van der Waals surface area (Å²) >= 11 is 0. The fourth-order valence-electron chi connectivity index (χ4n) is 3.70. The molecule has 2 saturated heterocycles. The summed E-state index contributed by atoms with van der Waals surface area (Å²) in [6.45, 7) is 13.4. The molecule has 0 bridgehead atoms. The summed E-state index contributed by atoms with van der Waals surface area (Å²) in [6.07, 6.45) is 0.214. The van der Waals surface area contributed by atoms with Crippen LogP contribution in [0.3, 0.4) is 0 Å². The minimum Gasteiger partial charge on any atom is -0.466 e. The van der Waals surface area contributed by atoms with Crippen LogP contribution >= 0.6 is 0 Å². The number of hydrogen-bond donors (Lipinski definition) is 0. The molecule has 3 rings (SSSR count). The molecule has 1 atom stereocenters. The minimum absolute atomic E-state index is 0.214. The first-order valence-corrected chi connectivity index (χ1v) is 10.2. The number of anilines is 1. The summed E-state index contributed by atoms with van der Waals surface area (Å²) < 4.78 is 23.4. The van der Waals surface area contributed by atoms with Crippen LogP contribution in [0.5, 0.6) is 0 Å². The third-order valence-electron chi connectivity index (χ3n) is 5.98. The Balaban J connectivity index is 1.95. The van der Waals surface area contributed by atoms with Crippen molar-refractivity contribution in [3.8, 4) is 0 Å². The van der Waals surface area contributed by atoms with Gasteiger partial charge in [0.2, 0.25) is 0 Å². The van der Waals surface area contributed by atoms with Gasteiger partial charge in [-0.25, -0.2) is 0 Å². The van der Waals surface area contributed by atoms with Gasteiger partial charge in [-0.05, 0) is 46.2 Å². The molecule has 0 aliphatic carbocycles. The highest BCUT2D eigenvalue weighted by molar-refractivity contribution is 6.48. The number of carbonyl (C=O) groups is 1. The lowest BCUT2D eigenvalue weighted by Crippen LogP contribution is -2.41. The number of para-hydroxylation sites is 1. The molecule has 1 aromatic carbocycles. The van der Waals surface area contributed by atoms with Crippen molar-refractivity contribution in [3.63, 3.8) is 0 Å². The average molecular weight is 389 g/mol. The molecule has 1 aromatic rings. The second-order valence-corrected chi connectivity index (χ2v) is 8.40. The van der Waals surface area contributed by atoms with Gasteiger partial charge < -0.3 is 23.7 Å². The number of rotatable bonds is 6. The molecule has 2 aliphatic rings. The SMILES string of the molecule is CCOC(=O)CC(B1OC(C)(C)C(C)(C)O1)c1ccccc1N1CCOCC1. The maximum absolute atomic E-state index is 12.4. The Labute approximate surface area is 168 Å². The Morgan fingerprint density at radius 2 is 1.75 bits per heavy atom. The van der Waals surface area contributed by atoms with Crippen molar-refractivity contribution in [2.24, 2.45) is 0 Å². The molecule has 1 unspecified atom stereocenters. The Morgan fingerprint density at radius 3 is 2.36 bits per heavy atom. The molecule has 0 radical (unpaired) electrons. The highest BCUT2D eigenvalue weighted by Gasteiger charge is 2.54. The predicted octanol–water partition coefficient (Wildman–Crippen LogP) is 3.19. The zero-order valence-corrected chi connectivity index (χ0v) is 17.7. The van der Waals surface area contributed by atoms with E-state index in [2.05, 4.69) is 17.0 Å². The van der Waals surface area contributed by atoms with E-state index in [1.165, 1.54) is 0 Å². The molecule has 0 N–H and O–H groups in total. The highest BCUT2D eigenvalue weighted by atomic mass is 16.7. The number of carbonyl (C=O) groups excluding carboxylic acids is 1. The van der Waals surface area contributed by atoms with Gasteiger partial charge in [0.05, 0.1) is 37.4 Å². The van der Waals surface area contributed by atoms with Crippen LogP contribution in [0.4, 0.5) is 5.69 Å². The maximum Gasteiger partial charge on any atom is 0.466 e. The molecule has 2 heterocycles. The van der Waals surface area contributed by atoms with E-state index < -0.39 is 18.3 Å². The number of benzene rings is 1. The fraction of sp³-hybridized carbons (Fsp3) is 0.667. The van der Waals surface area contributed by atoms with Gasteiger partial charge in [-0.15, -0.1) is 0 Å². The van der Waals surface area contributed by atoms with Crippen molar-refractivity contribution in [3.05, 3.63) is 29.8 Å². The molecule has 28 heavy (non-hydrogen) atoms. The van der Waals surface area contributed by atoms with Gasteiger partial charge in [0.25, 0.3) is 0 Å². The summed E-state index contributed by atoms with van der Waals surface area (Å²) in [5.41, 5.74) is 1.24. The Kier molecular flexibility index (Phi) is 6.37. The monoisotopic (exact) mass is 389 g/mol. The lowest BCUT2D eigenvalue weighted by molar-refractivity contribution is -0.143. The Bertz CT molecular complexity index is 671. The van der Waals surface area contributed by atoms with E-state index in [1.807, 2.05) is 46.8 Å². The van der Waals surface area contributed by atoms with Crippen LogP contribution in [0.2, 0.25) is 0 Å². The molecule has 0 aromatic heterocycles. The first kappa shape index (κ1) is 21.2. The van der Waals surface area contributed by atoms with Gasteiger partial charge in [-0.3, -0.25) is 4.79 Å². The maximum atomic E-state index is 12.4. The van der Waals surface area contributed by atoms with Crippen LogP contribution in [-0.2, 0) is 23.6 Å². The molecule has 0 spiro atoms. The molecule has 6 nitrogen and oxygen atoms in total. The quantitative estimate of drug-likeness (QED) is 0.550. The van der Waals surface area contributed by atoms with Crippen LogP contribution in [0, 0.1) is 0 Å². The van der Waals surface area contributed by atoms with Crippen molar-refractivity contribution in [1.29, 1.82) is 0 Å². The normalized spacial score (nSPS) is 22.2. The van der Waals surface area contributed by atoms with Crippen LogP contribution in [0.1, 0.15) is 52.4 Å². The van der Waals surface area contributed by atoms with Crippen molar-refractivity contribution in [2.45, 2.75) is 58.1 Å². The summed E-state index contributed by atoms with van der Waals surface area (Å²) in [4.78, 5) is 14.7. The fourth-order valence-corrected chi connectivity index (χ4v) is 3.70. The van der Waals surface area contributed by atoms with E-state index in [4.69, 9.17) is 18.8 Å². The van der Waals surface area contributed by atoms with E-state index >= 15 is 0 Å². The van der Waals surface area contributed by atoms with Crippen molar-refractivity contribution in [1.82, 2.24) is 0 Å². The predicted molar refractivity (Wildman–Crippen MR) is 110 cm³/mol. The molecule has 154 valence electrons. The van der Waals surface area contributed by atoms with E-state index in [0.717, 1.165) is 24.3 Å². The van der Waals surface area contributed by atoms with E-state index in [0.29, 0.717) is 19.8 Å². The van der Waals surface area contributed by atoms with E-state index in [-0.39, 0.29) is 18.2 Å². The third kappa shape index (κ3) is 4.37. The van der Waals surface area contributed by atoms with Gasteiger partial charge in [0.15, 0.2) is 0 Å². The van der Waals surface area contributed by atoms with E-state index in [9.17, 15) is 4.79 Å². The van der Waals surface area contributed by atoms with Crippen LogP contribution in [0.25, 0.3) is 0 Å². The number of nitrogens with zero attached hydrogens (tertiary/aromatic N) is 1. The van der Waals surface area contributed by atoms with Gasteiger partial charge in [0, 0.05) is 24.6 Å². The smallest absolute Gasteiger partial charge is 0.466 e. The molecule has 7 heteroatoms. The molecule has 0 amide bonds.